The predicted octanol–water partition coefficient (Wildman–Crippen LogP) is 2.27. The Hall–Kier alpha value is -0.800. The second-order valence-electron chi connectivity index (χ2n) is 3.74. The number of furan rings is 1. The molecule has 2 rings (SSSR count). The van der Waals surface area contributed by atoms with Crippen LogP contribution in [0.2, 0.25) is 0 Å². The van der Waals surface area contributed by atoms with E-state index in [1.807, 2.05) is 0 Å². The summed E-state index contributed by atoms with van der Waals surface area (Å²) in [5, 5.41) is 9.72. The Morgan fingerprint density at radius 3 is 3.14 bits per heavy atom. The quantitative estimate of drug-likeness (QED) is 0.803. The molecular weight excluding hydrogens is 180 g/mol. The minimum Gasteiger partial charge on any atom is -0.467 e. The fraction of sp³-hybridized carbons (Fsp3) is 0.636. The predicted molar refractivity (Wildman–Crippen MR) is 51.9 cm³/mol. The molecule has 1 aromatic heterocycles. The lowest BCUT2D eigenvalue weighted by Crippen LogP contribution is -2.07. The van der Waals surface area contributed by atoms with Crippen molar-refractivity contribution in [1.29, 1.82) is 0 Å². The normalized spacial score (nSPS) is 23.9. The van der Waals surface area contributed by atoms with E-state index in [4.69, 9.17) is 9.15 Å². The molecule has 1 aliphatic heterocycles. The molecule has 1 aliphatic rings. The van der Waals surface area contributed by atoms with E-state index in [-0.39, 0.29) is 0 Å². The number of hydrogen-bond acceptors (Lipinski definition) is 3. The van der Waals surface area contributed by atoms with E-state index < -0.39 is 6.10 Å². The number of hydrogen-bond donors (Lipinski definition) is 1. The Balaban J connectivity index is 1.74. The molecule has 0 bridgehead atoms. The van der Waals surface area contributed by atoms with Crippen LogP contribution in [0.1, 0.15) is 37.5 Å². The fourth-order valence-electron chi connectivity index (χ4n) is 1.84. The van der Waals surface area contributed by atoms with Gasteiger partial charge in [0, 0.05) is 6.61 Å². The minimum absolute atomic E-state index is 0.347. The summed E-state index contributed by atoms with van der Waals surface area (Å²) in [6, 6.07) is 3.60. The second-order valence-corrected chi connectivity index (χ2v) is 3.74. The molecule has 3 nitrogen and oxygen atoms in total. The largest absolute Gasteiger partial charge is 0.467 e. The summed E-state index contributed by atoms with van der Waals surface area (Å²) in [5.74, 6) is 0.656. The molecule has 2 atom stereocenters. The van der Waals surface area contributed by atoms with Crippen LogP contribution in [0, 0.1) is 0 Å². The Morgan fingerprint density at radius 1 is 1.57 bits per heavy atom. The zero-order chi connectivity index (χ0) is 9.80. The van der Waals surface area contributed by atoms with Gasteiger partial charge in [0.2, 0.25) is 0 Å². The van der Waals surface area contributed by atoms with Gasteiger partial charge in [0.05, 0.1) is 12.4 Å². The molecule has 3 heteroatoms. The van der Waals surface area contributed by atoms with Gasteiger partial charge < -0.3 is 14.3 Å². The first-order chi connectivity index (χ1) is 6.86. The first-order valence-electron chi connectivity index (χ1n) is 5.19. The zero-order valence-electron chi connectivity index (χ0n) is 8.19. The lowest BCUT2D eigenvalue weighted by Gasteiger charge is -2.11. The summed E-state index contributed by atoms with van der Waals surface area (Å²) in [6.07, 6.45) is 5.38. The molecule has 0 radical (unpaired) electrons. The van der Waals surface area contributed by atoms with E-state index in [0.717, 1.165) is 32.3 Å². The van der Waals surface area contributed by atoms with Crippen LogP contribution in [0.5, 0.6) is 0 Å². The van der Waals surface area contributed by atoms with Crippen molar-refractivity contribution in [3.05, 3.63) is 24.2 Å². The van der Waals surface area contributed by atoms with E-state index >= 15 is 0 Å². The molecule has 0 amide bonds. The van der Waals surface area contributed by atoms with Crippen molar-refractivity contribution in [2.45, 2.75) is 37.9 Å². The van der Waals surface area contributed by atoms with Gasteiger partial charge in [0.1, 0.15) is 11.9 Å². The molecule has 14 heavy (non-hydrogen) atoms. The number of aliphatic hydroxyl groups excluding tert-OH is 1. The number of rotatable bonds is 4. The van der Waals surface area contributed by atoms with Crippen LogP contribution in [-0.2, 0) is 4.74 Å². The van der Waals surface area contributed by atoms with Crippen molar-refractivity contribution >= 4 is 0 Å². The monoisotopic (exact) mass is 196 g/mol. The minimum atomic E-state index is -0.478. The maximum Gasteiger partial charge on any atom is 0.132 e. The van der Waals surface area contributed by atoms with Crippen molar-refractivity contribution in [3.63, 3.8) is 0 Å². The summed E-state index contributed by atoms with van der Waals surface area (Å²) in [4.78, 5) is 0. The Morgan fingerprint density at radius 2 is 2.50 bits per heavy atom. The molecule has 0 aromatic carbocycles. The fourth-order valence-corrected chi connectivity index (χ4v) is 1.84. The highest BCUT2D eigenvalue weighted by atomic mass is 16.5. The van der Waals surface area contributed by atoms with Gasteiger partial charge in [-0.15, -0.1) is 0 Å². The van der Waals surface area contributed by atoms with E-state index in [9.17, 15) is 5.11 Å². The highest BCUT2D eigenvalue weighted by Gasteiger charge is 2.18. The molecule has 1 aromatic rings. The van der Waals surface area contributed by atoms with Crippen molar-refractivity contribution in [2.24, 2.45) is 0 Å². The smallest absolute Gasteiger partial charge is 0.132 e. The molecule has 0 aliphatic carbocycles. The van der Waals surface area contributed by atoms with Crippen molar-refractivity contribution in [1.82, 2.24) is 0 Å². The third kappa shape index (κ3) is 2.36. The molecule has 1 saturated heterocycles. The van der Waals surface area contributed by atoms with Gasteiger partial charge in [-0.05, 0) is 37.8 Å². The highest BCUT2D eigenvalue weighted by Crippen LogP contribution is 2.23. The van der Waals surface area contributed by atoms with Gasteiger partial charge in [-0.25, -0.2) is 0 Å². The maximum atomic E-state index is 9.72. The van der Waals surface area contributed by atoms with Crippen molar-refractivity contribution in [3.8, 4) is 0 Å². The van der Waals surface area contributed by atoms with Gasteiger partial charge in [-0.3, -0.25) is 0 Å². The Labute approximate surface area is 83.7 Å². The van der Waals surface area contributed by atoms with Crippen LogP contribution in [0.3, 0.4) is 0 Å². The molecule has 1 fully saturated rings. The first kappa shape index (κ1) is 9.74. The van der Waals surface area contributed by atoms with Crippen LogP contribution >= 0.6 is 0 Å². The maximum absolute atomic E-state index is 9.72. The van der Waals surface area contributed by atoms with Crippen LogP contribution in [0.25, 0.3) is 0 Å². The van der Waals surface area contributed by atoms with Crippen molar-refractivity contribution < 1.29 is 14.3 Å². The average molecular weight is 196 g/mol. The zero-order valence-corrected chi connectivity index (χ0v) is 8.19. The highest BCUT2D eigenvalue weighted by molar-refractivity contribution is 5.01. The summed E-state index contributed by atoms with van der Waals surface area (Å²) in [5.41, 5.74) is 0. The number of aliphatic hydroxyl groups is 1. The molecule has 0 saturated carbocycles. The molecule has 2 unspecified atom stereocenters. The second kappa shape index (κ2) is 4.62. The van der Waals surface area contributed by atoms with E-state index in [1.54, 1.807) is 18.4 Å². The van der Waals surface area contributed by atoms with Crippen LogP contribution in [-0.4, -0.2) is 17.8 Å². The summed E-state index contributed by atoms with van der Waals surface area (Å²) in [7, 11) is 0. The Kier molecular flexibility index (Phi) is 3.22. The lowest BCUT2D eigenvalue weighted by molar-refractivity contribution is 0.0749. The molecular formula is C11H16O3. The lowest BCUT2D eigenvalue weighted by atomic mass is 10.1. The van der Waals surface area contributed by atoms with Crippen LogP contribution < -0.4 is 0 Å². The molecule has 1 N–H and O–H groups in total. The summed E-state index contributed by atoms with van der Waals surface area (Å²) < 4.78 is 10.6. The van der Waals surface area contributed by atoms with Gasteiger partial charge in [-0.2, -0.15) is 0 Å². The van der Waals surface area contributed by atoms with Gasteiger partial charge >= 0.3 is 0 Å². The van der Waals surface area contributed by atoms with Crippen molar-refractivity contribution in [2.75, 3.05) is 6.61 Å². The molecule has 0 spiro atoms. The first-order valence-corrected chi connectivity index (χ1v) is 5.19. The molecule has 78 valence electrons. The summed E-state index contributed by atoms with van der Waals surface area (Å²) >= 11 is 0. The van der Waals surface area contributed by atoms with E-state index in [1.165, 1.54) is 0 Å². The van der Waals surface area contributed by atoms with E-state index in [0.29, 0.717) is 11.9 Å². The van der Waals surface area contributed by atoms with Gasteiger partial charge in [0.25, 0.3) is 0 Å². The van der Waals surface area contributed by atoms with Crippen LogP contribution in [0.15, 0.2) is 22.8 Å². The summed E-state index contributed by atoms with van der Waals surface area (Å²) in [6.45, 7) is 0.877. The topological polar surface area (TPSA) is 42.6 Å². The van der Waals surface area contributed by atoms with Gasteiger partial charge in [-0.1, -0.05) is 0 Å². The number of ether oxygens (including phenoxy) is 1. The average Bonchev–Trinajstić information content (AvgIpc) is 2.87. The van der Waals surface area contributed by atoms with Gasteiger partial charge in [0.15, 0.2) is 0 Å². The van der Waals surface area contributed by atoms with E-state index in [2.05, 4.69) is 0 Å². The third-order valence-corrected chi connectivity index (χ3v) is 2.66. The third-order valence-electron chi connectivity index (χ3n) is 2.66. The standard InChI is InChI=1S/C11H16O3/c12-10(11-4-2-8-14-11)6-5-9-3-1-7-13-9/h2,4,8-10,12H,1,3,5-7H2. The Bertz CT molecular complexity index is 250. The molecule has 2 heterocycles. The van der Waals surface area contributed by atoms with Crippen LogP contribution in [0.4, 0.5) is 0 Å². The SMILES string of the molecule is OC(CCC1CCCO1)c1ccco1.